The lowest BCUT2D eigenvalue weighted by Crippen LogP contribution is -2.62. The second-order valence-corrected chi connectivity index (χ2v) is 23.0. The molecule has 0 aromatic heterocycles. The number of guanidine groups is 1. The summed E-state index contributed by atoms with van der Waals surface area (Å²) >= 11 is 0. The highest BCUT2D eigenvalue weighted by atomic mass is 16.4. The van der Waals surface area contributed by atoms with E-state index < -0.39 is 194 Å². The summed E-state index contributed by atoms with van der Waals surface area (Å²) in [6.45, 7) is 7.04. The van der Waals surface area contributed by atoms with Crippen molar-refractivity contribution in [2.45, 2.75) is 224 Å². The average Bonchev–Trinajstić information content (AvgIpc) is 3.46. The third-order valence-corrected chi connectivity index (χ3v) is 15.2. The molecule has 32 nitrogen and oxygen atoms in total. The Morgan fingerprint density at radius 2 is 1.17 bits per heavy atom. The molecular weight excluding hydrogens is 1150 g/mol. The highest BCUT2D eigenvalue weighted by Gasteiger charge is 2.44. The van der Waals surface area contributed by atoms with Crippen molar-refractivity contribution in [3.63, 3.8) is 0 Å². The summed E-state index contributed by atoms with van der Waals surface area (Å²) in [6.07, 6.45) is 4.69. The van der Waals surface area contributed by atoms with E-state index in [4.69, 9.17) is 28.7 Å². The minimum absolute atomic E-state index is 0.0261. The van der Waals surface area contributed by atoms with Crippen LogP contribution in [0.3, 0.4) is 0 Å². The van der Waals surface area contributed by atoms with Crippen molar-refractivity contribution in [2.24, 2.45) is 45.5 Å². The Morgan fingerprint density at radius 1 is 0.602 bits per heavy atom. The monoisotopic (exact) mass is 1250 g/mol. The van der Waals surface area contributed by atoms with Gasteiger partial charge in [0.15, 0.2) is 12.1 Å². The molecular formula is C56H96N16O16. The van der Waals surface area contributed by atoms with Crippen LogP contribution in [0, 0.1) is 11.8 Å². The summed E-state index contributed by atoms with van der Waals surface area (Å²) in [5.41, 5.74) is 27.4. The van der Waals surface area contributed by atoms with Gasteiger partial charge in [-0.1, -0.05) is 91.9 Å². The number of nitrogens with two attached hydrogens (primary N) is 5. The molecule has 0 radical (unpaired) electrons. The van der Waals surface area contributed by atoms with E-state index in [9.17, 15) is 77.3 Å². The van der Waals surface area contributed by atoms with Crippen molar-refractivity contribution >= 4 is 88.7 Å². The number of carbonyl (C=O) groups excluding carboxylic acids is 13. The fourth-order valence-electron chi connectivity index (χ4n) is 10.2. The van der Waals surface area contributed by atoms with Crippen molar-refractivity contribution < 1.29 is 77.3 Å². The minimum Gasteiger partial charge on any atom is -0.481 e. The number of hydrogen-bond acceptors (Lipinski definition) is 16. The smallest absolute Gasteiger partial charge is 0.305 e. The fraction of sp³-hybridized carbons (Fsp3) is 0.732. The number of amides is 13. The Hall–Kier alpha value is -8.19. The molecule has 13 amide bonds. The van der Waals surface area contributed by atoms with Gasteiger partial charge in [0.05, 0.1) is 31.8 Å². The molecule has 88 heavy (non-hydrogen) atoms. The molecule has 0 spiro atoms. The number of nitrogens with one attached hydrogen (secondary N) is 8. The van der Waals surface area contributed by atoms with Crippen molar-refractivity contribution in [1.29, 1.82) is 0 Å². The standard InChI is InChI=1S/C56H96N16O16/c1-7-8-9-10-11-12-13-14-15-16-19-31(4)45-46(79)53(86)69-44(30(2)3)52(85)64-32(5)47(80)67-36(27-43(77)78)50(83)68-35(26-40(58)74)49(82)66-33(22-23-39(57)73)48(81)63-29-42(76)65-34(20-17-24-62-56(60)61)54(87)71(6)38(28-41(59)75)55(88)72-25-18-21-37(72)51(84)70-45/h30-38,44-46,79H,7-29H2,1-6H3,(H2,57,73)(H2,58,74)(H2,59,75)(H,63,81)(H,64,85)(H,65,76)(H,66,82)(H,67,80)(H,68,83)(H,69,86)(H,70,84)(H,77,78)(H4,60,61,62)/t31-,32+,33+,34+,35+,36+,37-,38+,44-,45+,46+/m0/s1. The molecule has 0 aliphatic carbocycles. The van der Waals surface area contributed by atoms with Gasteiger partial charge in [-0.05, 0) is 57.3 Å². The number of hydrogen-bond donors (Lipinski definition) is 15. The number of likely N-dealkylation sites (N-methyl/N-ethyl adjacent to an activating group) is 1. The lowest BCUT2D eigenvalue weighted by atomic mass is 9.90. The lowest BCUT2D eigenvalue weighted by molar-refractivity contribution is -0.150. The number of primary amides is 3. The van der Waals surface area contributed by atoms with E-state index in [1.54, 1.807) is 6.92 Å². The molecule has 2 fully saturated rings. The van der Waals surface area contributed by atoms with E-state index in [1.807, 2.05) is 0 Å². The number of aliphatic hydroxyl groups is 1. The van der Waals surface area contributed by atoms with Crippen LogP contribution >= 0.6 is 0 Å². The number of carboxylic acids is 1. The Morgan fingerprint density at radius 3 is 1.73 bits per heavy atom. The van der Waals surface area contributed by atoms with Gasteiger partial charge in [-0.2, -0.15) is 0 Å². The number of carboxylic acid groups (broad SMARTS) is 1. The number of nitrogens with zero attached hydrogens (tertiary/aromatic N) is 3. The molecule has 20 N–H and O–H groups in total. The Kier molecular flexibility index (Phi) is 33.5. The number of carbonyl (C=O) groups is 14. The summed E-state index contributed by atoms with van der Waals surface area (Å²) in [6, 6.07) is -14.7. The summed E-state index contributed by atoms with van der Waals surface area (Å²) in [7, 11) is 1.16. The van der Waals surface area contributed by atoms with E-state index >= 15 is 0 Å². The summed E-state index contributed by atoms with van der Waals surface area (Å²) in [4.78, 5) is 196. The van der Waals surface area contributed by atoms with Gasteiger partial charge in [-0.25, -0.2) is 0 Å². The summed E-state index contributed by atoms with van der Waals surface area (Å²) in [5.74, 6) is -17.3. The molecule has 2 heterocycles. The first-order valence-electron chi connectivity index (χ1n) is 30.2. The van der Waals surface area contributed by atoms with E-state index in [0.717, 1.165) is 68.7 Å². The number of aliphatic carboxylic acids is 1. The summed E-state index contributed by atoms with van der Waals surface area (Å²) < 4.78 is 0. The fourth-order valence-corrected chi connectivity index (χ4v) is 10.2. The Bertz CT molecular complexity index is 2480. The topological polar surface area (TPSA) is 525 Å². The highest BCUT2D eigenvalue weighted by molar-refractivity contribution is 6.00. The van der Waals surface area contributed by atoms with Crippen LogP contribution in [0.5, 0.6) is 0 Å². The molecule has 0 bridgehead atoms. The molecule has 496 valence electrons. The maximum atomic E-state index is 14.8. The normalized spacial score (nSPS) is 25.0. The number of rotatable bonds is 26. The Labute approximate surface area is 512 Å². The van der Waals surface area contributed by atoms with E-state index in [-0.39, 0.29) is 44.7 Å². The van der Waals surface area contributed by atoms with Crippen LogP contribution in [0.1, 0.15) is 163 Å². The van der Waals surface area contributed by atoms with Crippen molar-refractivity contribution in [3.8, 4) is 0 Å². The first-order chi connectivity index (χ1) is 41.4. The lowest BCUT2D eigenvalue weighted by Gasteiger charge is -2.36. The predicted molar refractivity (Wildman–Crippen MR) is 318 cm³/mol. The van der Waals surface area contributed by atoms with Crippen molar-refractivity contribution in [1.82, 2.24) is 52.3 Å². The van der Waals surface area contributed by atoms with Crippen LogP contribution in [0.4, 0.5) is 0 Å². The molecule has 0 saturated carbocycles. The molecule has 2 saturated heterocycles. The largest absolute Gasteiger partial charge is 0.481 e. The zero-order valence-corrected chi connectivity index (χ0v) is 51.5. The van der Waals surface area contributed by atoms with Crippen LogP contribution in [-0.2, 0) is 67.1 Å². The third kappa shape index (κ3) is 26.8. The van der Waals surface area contributed by atoms with Crippen LogP contribution in [0.2, 0.25) is 0 Å². The zero-order chi connectivity index (χ0) is 66.4. The Balaban J connectivity index is 2.80. The second kappa shape index (κ2) is 38.9. The maximum absolute atomic E-state index is 14.8. The van der Waals surface area contributed by atoms with Gasteiger partial charge < -0.3 is 91.2 Å². The van der Waals surface area contributed by atoms with Gasteiger partial charge in [0.1, 0.15) is 48.3 Å². The molecule has 2 rings (SSSR count). The molecule has 0 unspecified atom stereocenters. The predicted octanol–water partition coefficient (Wildman–Crippen LogP) is -4.14. The van der Waals surface area contributed by atoms with Crippen molar-refractivity contribution in [3.05, 3.63) is 0 Å². The van der Waals surface area contributed by atoms with Gasteiger partial charge in [-0.15, -0.1) is 0 Å². The average molecular weight is 1250 g/mol. The zero-order valence-electron chi connectivity index (χ0n) is 51.5. The SMILES string of the molecule is CCCCCCCCCCCC[C@H](C)[C@H]1NC(=O)[C@@H]2CCCN2C(=O)[C@@H](CC(N)=O)N(C)C(=O)[C@@H](CCCN=C(N)N)NC(=O)CNC(=O)[C@@H](CCC(N)=O)NC(=O)[C@@H](CC(N)=O)NC(=O)[C@@H](CC(=O)O)NC(=O)[C@@H](C)NC(=O)[C@H](C(C)C)NC(=O)[C@@H]1O. The molecule has 2 aliphatic heterocycles. The van der Waals surface area contributed by atoms with Crippen LogP contribution in [0.25, 0.3) is 0 Å². The molecule has 0 aromatic carbocycles. The number of aliphatic hydroxyl groups excluding tert-OH is 1. The van der Waals surface area contributed by atoms with Crippen molar-refractivity contribution in [2.75, 3.05) is 26.7 Å². The second-order valence-electron chi connectivity index (χ2n) is 23.0. The van der Waals surface area contributed by atoms with E-state index in [0.29, 0.717) is 12.8 Å². The van der Waals surface area contributed by atoms with E-state index in [1.165, 1.54) is 26.7 Å². The molecule has 11 atom stereocenters. The van der Waals surface area contributed by atoms with Gasteiger partial charge in [-0.3, -0.25) is 72.1 Å². The quantitative estimate of drug-likeness (QED) is 0.0222. The van der Waals surface area contributed by atoms with E-state index in [2.05, 4.69) is 54.5 Å². The third-order valence-electron chi connectivity index (χ3n) is 15.2. The number of unbranched alkanes of at least 4 members (excludes halogenated alkanes) is 9. The number of fused-ring (bicyclic) bond motifs is 1. The molecule has 32 heteroatoms. The van der Waals surface area contributed by atoms with Gasteiger partial charge >= 0.3 is 5.97 Å². The first kappa shape index (κ1) is 75.9. The van der Waals surface area contributed by atoms with Gasteiger partial charge in [0.2, 0.25) is 70.9 Å². The van der Waals surface area contributed by atoms with Gasteiger partial charge in [0.25, 0.3) is 5.91 Å². The first-order valence-corrected chi connectivity index (χ1v) is 30.2. The maximum Gasteiger partial charge on any atom is 0.305 e. The molecule has 0 aromatic rings. The minimum atomic E-state index is -2.04. The number of aliphatic imine (C=N–C) groups is 1. The molecule has 2 aliphatic rings. The summed E-state index contributed by atoms with van der Waals surface area (Å²) in [5, 5.41) is 40.6. The highest BCUT2D eigenvalue weighted by Crippen LogP contribution is 2.24. The van der Waals surface area contributed by atoms with Crippen LogP contribution < -0.4 is 71.2 Å². The van der Waals surface area contributed by atoms with Gasteiger partial charge in [0, 0.05) is 26.6 Å². The van der Waals surface area contributed by atoms with Crippen LogP contribution in [-0.4, -0.2) is 196 Å². The van der Waals surface area contributed by atoms with Crippen LogP contribution in [0.15, 0.2) is 4.99 Å².